The lowest BCUT2D eigenvalue weighted by Gasteiger charge is -2.36. The van der Waals surface area contributed by atoms with Gasteiger partial charge >= 0.3 is 6.09 Å². The molecule has 17 nitrogen and oxygen atoms in total. The van der Waals surface area contributed by atoms with Crippen molar-refractivity contribution >= 4 is 35.3 Å². The number of amidine groups is 1. The summed E-state index contributed by atoms with van der Waals surface area (Å²) in [5, 5.41) is 57.1. The Labute approximate surface area is 378 Å². The topological polar surface area (TPSA) is 269 Å². The molecule has 3 aromatic rings. The average Bonchev–Trinajstić information content (AvgIpc) is 3.61. The van der Waals surface area contributed by atoms with Gasteiger partial charge in [0.15, 0.2) is 5.16 Å². The molecule has 346 valence electrons. The van der Waals surface area contributed by atoms with Crippen LogP contribution in [-0.4, -0.2) is 142 Å². The molecule has 2 aliphatic heterocycles. The van der Waals surface area contributed by atoms with Crippen LogP contribution in [0.25, 0.3) is 11.1 Å². The number of aliphatic imine (C=N–C) groups is 1. The fraction of sp³-hybridized carbons (Fsp3) is 0.478. The number of likely N-dealkylation sites (tertiary alicyclic amines) is 1. The van der Waals surface area contributed by atoms with E-state index in [1.54, 1.807) is 9.80 Å². The second kappa shape index (κ2) is 22.7. The van der Waals surface area contributed by atoms with Gasteiger partial charge in [-0.1, -0.05) is 84.4 Å². The number of piperidine rings is 1. The number of benzene rings is 3. The number of carbonyl (C=O) groups is 3. The van der Waals surface area contributed by atoms with Crippen molar-refractivity contribution in [1.82, 2.24) is 25.8 Å². The van der Waals surface area contributed by atoms with Crippen LogP contribution in [0.15, 0.2) is 88.8 Å². The molecule has 1 fully saturated rings. The third-order valence-corrected chi connectivity index (χ3v) is 12.6. The number of aliphatic hydroxyl groups excluding tert-OH is 5. The Kier molecular flexibility index (Phi) is 17.1. The summed E-state index contributed by atoms with van der Waals surface area (Å²) in [5.74, 6) is -0.742. The first-order valence-corrected chi connectivity index (χ1v) is 22.1. The van der Waals surface area contributed by atoms with Crippen LogP contribution in [0.5, 0.6) is 0 Å². The van der Waals surface area contributed by atoms with E-state index in [2.05, 4.69) is 45.2 Å². The number of rotatable bonds is 19. The van der Waals surface area contributed by atoms with Crippen molar-refractivity contribution in [1.29, 1.82) is 0 Å². The number of fused-ring (bicyclic) bond motifs is 3. The van der Waals surface area contributed by atoms with Gasteiger partial charge in [0.25, 0.3) is 0 Å². The summed E-state index contributed by atoms with van der Waals surface area (Å²) in [5.41, 5.74) is 18.5. The zero-order valence-electron chi connectivity index (χ0n) is 36.0. The monoisotopic (exact) mass is 904 g/mol. The molecule has 18 heteroatoms. The fourth-order valence-electron chi connectivity index (χ4n) is 8.63. The minimum absolute atomic E-state index is 0.0201. The number of nitrogens with zero attached hydrogens (tertiary/aromatic N) is 3. The van der Waals surface area contributed by atoms with E-state index < -0.39 is 43.3 Å². The first-order chi connectivity index (χ1) is 30.7. The second-order valence-corrected chi connectivity index (χ2v) is 17.2. The van der Waals surface area contributed by atoms with Crippen LogP contribution >= 0.6 is 11.6 Å². The normalized spacial score (nSPS) is 18.8. The molecule has 64 heavy (non-hydrogen) atoms. The molecule has 2 heterocycles. The number of amides is 3. The van der Waals surface area contributed by atoms with Gasteiger partial charge < -0.3 is 67.5 Å². The highest BCUT2D eigenvalue weighted by Crippen LogP contribution is 2.44. The number of aliphatic hydroxyl groups is 5. The zero-order valence-corrected chi connectivity index (χ0v) is 36.7. The molecular weight excluding hydrogens is 844 g/mol. The van der Waals surface area contributed by atoms with Crippen molar-refractivity contribution in [2.75, 3.05) is 52.5 Å². The van der Waals surface area contributed by atoms with E-state index in [1.165, 1.54) is 0 Å². The minimum atomic E-state index is -1.74. The van der Waals surface area contributed by atoms with E-state index >= 15 is 0 Å². The quantitative estimate of drug-likeness (QED) is 0.0599. The highest BCUT2D eigenvalue weighted by Gasteiger charge is 2.34. The molecule has 0 saturated carbocycles. The number of hydrogen-bond acceptors (Lipinski definition) is 14. The van der Waals surface area contributed by atoms with Crippen molar-refractivity contribution in [3.05, 3.63) is 106 Å². The number of halogens is 1. The molecular formula is C46H61ClN8O9. The summed E-state index contributed by atoms with van der Waals surface area (Å²) < 4.78 is 6.23. The van der Waals surface area contributed by atoms with Gasteiger partial charge in [-0.05, 0) is 71.4 Å². The summed E-state index contributed by atoms with van der Waals surface area (Å²) in [6.07, 6.45) is -5.99. The lowest BCUT2D eigenvalue weighted by Crippen LogP contribution is -2.54. The lowest BCUT2D eigenvalue weighted by molar-refractivity contribution is -0.132. The maximum Gasteiger partial charge on any atom is 0.409 e. The van der Waals surface area contributed by atoms with Gasteiger partial charge in [-0.3, -0.25) is 9.59 Å². The summed E-state index contributed by atoms with van der Waals surface area (Å²) in [4.78, 5) is 49.0. The second-order valence-electron chi connectivity index (χ2n) is 16.9. The maximum absolute atomic E-state index is 14.4. The highest BCUT2D eigenvalue weighted by atomic mass is 35.5. The van der Waals surface area contributed by atoms with E-state index in [4.69, 9.17) is 32.9 Å². The molecule has 0 unspecified atom stereocenters. The van der Waals surface area contributed by atoms with E-state index in [1.807, 2.05) is 55.5 Å². The van der Waals surface area contributed by atoms with Gasteiger partial charge in [0, 0.05) is 58.0 Å². The number of nitrogens with two attached hydrogens (primary N) is 2. The fourth-order valence-corrected chi connectivity index (χ4v) is 8.77. The Morgan fingerprint density at radius 3 is 2.23 bits per heavy atom. The molecule has 0 aromatic heterocycles. The van der Waals surface area contributed by atoms with Gasteiger partial charge in [-0.2, -0.15) is 0 Å². The van der Waals surface area contributed by atoms with Crippen LogP contribution in [0.4, 0.5) is 4.79 Å². The summed E-state index contributed by atoms with van der Waals surface area (Å²) in [7, 11) is 0. The van der Waals surface area contributed by atoms with Crippen LogP contribution in [0.3, 0.4) is 0 Å². The van der Waals surface area contributed by atoms with Crippen molar-refractivity contribution in [3.63, 3.8) is 0 Å². The van der Waals surface area contributed by atoms with Crippen LogP contribution in [-0.2, 0) is 20.7 Å². The summed E-state index contributed by atoms with van der Waals surface area (Å²) in [6, 6.07) is 24.2. The molecule has 0 spiro atoms. The van der Waals surface area contributed by atoms with Gasteiger partial charge in [0.05, 0.1) is 12.7 Å². The van der Waals surface area contributed by atoms with Gasteiger partial charge in [0.2, 0.25) is 11.8 Å². The molecule has 0 bridgehead atoms. The third kappa shape index (κ3) is 12.4. The van der Waals surface area contributed by atoms with Crippen LogP contribution in [0.2, 0.25) is 0 Å². The third-order valence-electron chi connectivity index (χ3n) is 12.3. The Hall–Kier alpha value is -5.11. The van der Waals surface area contributed by atoms with Crippen molar-refractivity contribution in [3.8, 4) is 11.1 Å². The van der Waals surface area contributed by atoms with Crippen LogP contribution < -0.4 is 27.4 Å². The zero-order chi connectivity index (χ0) is 45.9. The van der Waals surface area contributed by atoms with Crippen molar-refractivity contribution in [2.24, 2.45) is 28.3 Å². The molecule has 12 N–H and O–H groups in total. The molecule has 3 amide bonds. The Morgan fingerprint density at radius 1 is 0.953 bits per heavy atom. The smallest absolute Gasteiger partial charge is 0.409 e. The Balaban J connectivity index is 1.13. The summed E-state index contributed by atoms with van der Waals surface area (Å²) in [6.45, 7) is 2.85. The van der Waals surface area contributed by atoms with Crippen molar-refractivity contribution in [2.45, 2.75) is 75.5 Å². The standard InChI is InChI=1S/C46H61ClN8O9/c1-27-8-2-3-9-30(27)20-29(21-38(59)51-45-44(49)53-43(48)42(47)52-45)24-55(46(63)64-26-35-33-12-6-4-10-31(33)32-11-5-7-13-34(32)35)23-28-15-18-54(19-16-28)39(60)14-17-50-22-36(57)40(61)41(62)37(58)25-56/h2-13,28-29,35-37,40-41,44,50,53,56-58,61-62H,14-26,48-49H2,1H3,(H,51,52,59)/t29-,36-,37+,40+,41+,44-/m0/s1. The first-order valence-electron chi connectivity index (χ1n) is 21.8. The molecule has 3 aromatic carbocycles. The minimum Gasteiger partial charge on any atom is -0.448 e. The Bertz CT molecular complexity index is 2110. The van der Waals surface area contributed by atoms with E-state index in [-0.39, 0.29) is 85.5 Å². The predicted molar refractivity (Wildman–Crippen MR) is 241 cm³/mol. The van der Waals surface area contributed by atoms with E-state index in [0.717, 1.165) is 33.4 Å². The van der Waals surface area contributed by atoms with Gasteiger partial charge in [0.1, 0.15) is 42.7 Å². The van der Waals surface area contributed by atoms with Crippen LogP contribution in [0.1, 0.15) is 53.9 Å². The van der Waals surface area contributed by atoms with Crippen molar-refractivity contribution < 1.29 is 44.7 Å². The van der Waals surface area contributed by atoms with Crippen LogP contribution in [0, 0.1) is 18.8 Å². The molecule has 6 rings (SSSR count). The molecule has 6 atom stereocenters. The number of ether oxygens (including phenoxy) is 1. The number of nitrogens with one attached hydrogen (secondary N) is 3. The SMILES string of the molecule is Cc1ccccc1C[C@@H](CC(=O)NC1=NC(Cl)=C(N)N[C@@H]1N)CN(CC1CCN(C(=O)CCNC[C@H](O)[C@@H](O)[C@H](O)[C@H](O)CO)CC1)C(=O)OCC1c2ccccc2-c2ccccc21. The van der Waals surface area contributed by atoms with E-state index in [9.17, 15) is 34.8 Å². The largest absolute Gasteiger partial charge is 0.448 e. The highest BCUT2D eigenvalue weighted by molar-refractivity contribution is 6.30. The maximum atomic E-state index is 14.4. The number of hydrogen-bond donors (Lipinski definition) is 10. The molecule has 1 aliphatic carbocycles. The number of carbonyl (C=O) groups excluding carboxylic acids is 3. The average molecular weight is 905 g/mol. The Morgan fingerprint density at radius 2 is 1.58 bits per heavy atom. The molecule has 0 radical (unpaired) electrons. The van der Waals surface area contributed by atoms with E-state index in [0.29, 0.717) is 38.9 Å². The molecule has 1 saturated heterocycles. The lowest BCUT2D eigenvalue weighted by atomic mass is 9.91. The summed E-state index contributed by atoms with van der Waals surface area (Å²) >= 11 is 6.14. The predicted octanol–water partition coefficient (Wildman–Crippen LogP) is 1.18. The first kappa shape index (κ1) is 48.3. The van der Waals surface area contributed by atoms with Gasteiger partial charge in [-0.15, -0.1) is 0 Å². The van der Waals surface area contributed by atoms with Gasteiger partial charge in [-0.25, -0.2) is 9.79 Å². The molecule has 3 aliphatic rings. The number of aryl methyl sites for hydroxylation is 1.